The predicted molar refractivity (Wildman–Crippen MR) is 151 cm³/mol. The van der Waals surface area contributed by atoms with Crippen LogP contribution in [0.15, 0.2) is 78.9 Å². The Labute approximate surface area is 224 Å². The van der Waals surface area contributed by atoms with Gasteiger partial charge in [-0.2, -0.15) is 0 Å². The van der Waals surface area contributed by atoms with Crippen molar-refractivity contribution in [1.29, 1.82) is 0 Å². The number of hydrogen-bond donors (Lipinski definition) is 1. The zero-order valence-electron chi connectivity index (χ0n) is 22.0. The van der Waals surface area contributed by atoms with Gasteiger partial charge in [0, 0.05) is 0 Å². The van der Waals surface area contributed by atoms with Gasteiger partial charge in [0.15, 0.2) is 0 Å². The first kappa shape index (κ1) is 26.1. The van der Waals surface area contributed by atoms with Gasteiger partial charge >= 0.3 is 5.97 Å². The molecule has 196 valence electrons. The number of ether oxygens (including phenoxy) is 1. The number of benzene rings is 4. The van der Waals surface area contributed by atoms with E-state index in [1.54, 1.807) is 6.07 Å². The first-order chi connectivity index (χ1) is 18.5. The number of carboxylic acids is 1. The Morgan fingerprint density at radius 3 is 2.47 bits per heavy atom. The highest BCUT2D eigenvalue weighted by Crippen LogP contribution is 2.34. The number of carbonyl (C=O) groups is 1. The van der Waals surface area contributed by atoms with Gasteiger partial charge in [0.1, 0.15) is 5.82 Å². The summed E-state index contributed by atoms with van der Waals surface area (Å²) in [6, 6.07) is 25.5. The molecule has 1 unspecified atom stereocenters. The molecule has 1 fully saturated rings. The lowest BCUT2D eigenvalue weighted by Crippen LogP contribution is -2.11. The average Bonchev–Trinajstić information content (AvgIpc) is 2.93. The summed E-state index contributed by atoms with van der Waals surface area (Å²) in [4.78, 5) is 11.2. The third-order valence-corrected chi connectivity index (χ3v) is 7.96. The van der Waals surface area contributed by atoms with Gasteiger partial charge in [-0.3, -0.25) is 0 Å². The van der Waals surface area contributed by atoms with Gasteiger partial charge in [0.05, 0.1) is 18.3 Å². The summed E-state index contributed by atoms with van der Waals surface area (Å²) >= 11 is 0. The molecule has 1 N–H and O–H groups in total. The van der Waals surface area contributed by atoms with E-state index in [-0.39, 0.29) is 11.7 Å². The molecular formula is C34H35FO3. The summed E-state index contributed by atoms with van der Waals surface area (Å²) in [5.41, 5.74) is 4.52. The Kier molecular flexibility index (Phi) is 8.19. The van der Waals surface area contributed by atoms with Gasteiger partial charge in [-0.25, -0.2) is 9.18 Å². The van der Waals surface area contributed by atoms with Crippen molar-refractivity contribution in [2.75, 3.05) is 0 Å². The fraction of sp³-hybridized carbons (Fsp3) is 0.324. The van der Waals surface area contributed by atoms with Crippen LogP contribution in [0.1, 0.15) is 78.1 Å². The fourth-order valence-electron chi connectivity index (χ4n) is 5.81. The number of aryl methyl sites for hydroxylation is 1. The molecule has 0 spiro atoms. The zero-order valence-corrected chi connectivity index (χ0v) is 22.0. The van der Waals surface area contributed by atoms with Crippen molar-refractivity contribution in [2.24, 2.45) is 5.92 Å². The van der Waals surface area contributed by atoms with Crippen LogP contribution in [0, 0.1) is 18.7 Å². The van der Waals surface area contributed by atoms with Crippen LogP contribution in [0.5, 0.6) is 0 Å². The number of rotatable bonds is 9. The van der Waals surface area contributed by atoms with Gasteiger partial charge in [-0.05, 0) is 82.5 Å². The van der Waals surface area contributed by atoms with E-state index in [1.807, 2.05) is 19.1 Å². The second-order valence-corrected chi connectivity index (χ2v) is 10.6. The number of halogens is 1. The molecule has 1 saturated carbocycles. The van der Waals surface area contributed by atoms with Crippen molar-refractivity contribution >= 4 is 16.7 Å². The zero-order chi connectivity index (χ0) is 26.5. The third-order valence-electron chi connectivity index (χ3n) is 7.96. The molecular weight excluding hydrogens is 475 g/mol. The van der Waals surface area contributed by atoms with Gasteiger partial charge in [-0.15, -0.1) is 0 Å². The lowest BCUT2D eigenvalue weighted by Gasteiger charge is -2.25. The van der Waals surface area contributed by atoms with E-state index in [1.165, 1.54) is 67.0 Å². The highest BCUT2D eigenvalue weighted by atomic mass is 19.1. The van der Waals surface area contributed by atoms with E-state index in [9.17, 15) is 9.18 Å². The molecule has 0 amide bonds. The normalized spacial score (nSPS) is 15.0. The Morgan fingerprint density at radius 2 is 1.74 bits per heavy atom. The van der Waals surface area contributed by atoms with Crippen LogP contribution in [0.4, 0.5) is 4.39 Å². The molecule has 4 heteroatoms. The maximum absolute atomic E-state index is 14.3. The van der Waals surface area contributed by atoms with E-state index in [0.29, 0.717) is 12.2 Å². The van der Waals surface area contributed by atoms with Gasteiger partial charge in [-0.1, -0.05) is 92.8 Å². The van der Waals surface area contributed by atoms with Crippen LogP contribution in [0.3, 0.4) is 0 Å². The maximum Gasteiger partial charge on any atom is 0.338 e. The summed E-state index contributed by atoms with van der Waals surface area (Å²) in [7, 11) is 0. The maximum atomic E-state index is 14.3. The Bertz CT molecular complexity index is 1420. The quantitative estimate of drug-likeness (QED) is 0.244. The Hall–Kier alpha value is -3.50. The molecule has 1 aliphatic rings. The number of aromatic carboxylic acids is 1. The first-order valence-corrected chi connectivity index (χ1v) is 13.7. The molecule has 0 aliphatic heterocycles. The number of carboxylic acid groups (broad SMARTS) is 1. The van der Waals surface area contributed by atoms with Crippen LogP contribution < -0.4 is 0 Å². The molecule has 0 bridgehead atoms. The van der Waals surface area contributed by atoms with Crippen molar-refractivity contribution in [3.05, 3.63) is 107 Å². The van der Waals surface area contributed by atoms with E-state index in [0.717, 1.165) is 29.0 Å². The molecule has 38 heavy (non-hydrogen) atoms. The lowest BCUT2D eigenvalue weighted by atomic mass is 9.85. The van der Waals surface area contributed by atoms with Crippen LogP contribution in [-0.4, -0.2) is 11.1 Å². The SMILES string of the molecule is Cc1cc(COC(CCC2CCCCC2)c2ccc3ccccc3c2)ccc1-c1ccc(C(=O)O)c(F)c1. The minimum absolute atomic E-state index is 0.0270. The third kappa shape index (κ3) is 6.14. The average molecular weight is 511 g/mol. The summed E-state index contributed by atoms with van der Waals surface area (Å²) in [5.74, 6) is -1.19. The van der Waals surface area contributed by atoms with Crippen molar-refractivity contribution in [3.63, 3.8) is 0 Å². The van der Waals surface area contributed by atoms with Crippen LogP contribution >= 0.6 is 0 Å². The standard InChI is InChI=1S/C34H35FO3/c1-23-19-25(11-16-30(23)28-15-17-31(34(36)37)32(35)21-28)22-38-33(18-12-24-7-3-2-4-8-24)29-14-13-26-9-5-6-10-27(26)20-29/h5-6,9-11,13-17,19-21,24,33H,2-4,7-8,12,18,22H2,1H3,(H,36,37). The minimum atomic E-state index is -1.26. The smallest absolute Gasteiger partial charge is 0.338 e. The van der Waals surface area contributed by atoms with Crippen molar-refractivity contribution in [1.82, 2.24) is 0 Å². The van der Waals surface area contributed by atoms with Gasteiger partial charge in [0.2, 0.25) is 0 Å². The van der Waals surface area contributed by atoms with Crippen LogP contribution in [0.25, 0.3) is 21.9 Å². The molecule has 0 saturated heterocycles. The number of hydrogen-bond acceptors (Lipinski definition) is 2. The van der Waals surface area contributed by atoms with Gasteiger partial charge in [0.25, 0.3) is 0 Å². The second-order valence-electron chi connectivity index (χ2n) is 10.6. The molecule has 4 aromatic carbocycles. The molecule has 5 rings (SSSR count). The molecule has 1 aliphatic carbocycles. The Morgan fingerprint density at radius 1 is 0.947 bits per heavy atom. The van der Waals surface area contributed by atoms with Crippen LogP contribution in [-0.2, 0) is 11.3 Å². The summed E-state index contributed by atoms with van der Waals surface area (Å²) < 4.78 is 20.9. The van der Waals surface area contributed by atoms with Crippen molar-refractivity contribution in [3.8, 4) is 11.1 Å². The van der Waals surface area contributed by atoms with E-state index in [2.05, 4.69) is 48.5 Å². The second kappa shape index (κ2) is 11.9. The van der Waals surface area contributed by atoms with E-state index in [4.69, 9.17) is 9.84 Å². The lowest BCUT2D eigenvalue weighted by molar-refractivity contribution is 0.0285. The van der Waals surface area contributed by atoms with E-state index >= 15 is 0 Å². The molecule has 3 nitrogen and oxygen atoms in total. The molecule has 0 radical (unpaired) electrons. The topological polar surface area (TPSA) is 46.5 Å². The van der Waals surface area contributed by atoms with Crippen molar-refractivity contribution in [2.45, 2.75) is 64.6 Å². The summed E-state index contributed by atoms with van der Waals surface area (Å²) in [6.45, 7) is 2.49. The molecule has 1 atom stereocenters. The highest BCUT2D eigenvalue weighted by Gasteiger charge is 2.19. The number of fused-ring (bicyclic) bond motifs is 1. The van der Waals surface area contributed by atoms with Crippen molar-refractivity contribution < 1.29 is 19.0 Å². The summed E-state index contributed by atoms with van der Waals surface area (Å²) in [5, 5.41) is 11.6. The highest BCUT2D eigenvalue weighted by molar-refractivity contribution is 5.89. The van der Waals surface area contributed by atoms with Gasteiger partial charge < -0.3 is 9.84 Å². The summed E-state index contributed by atoms with van der Waals surface area (Å²) in [6.07, 6.45) is 8.95. The molecule has 0 heterocycles. The van der Waals surface area contributed by atoms with E-state index < -0.39 is 11.8 Å². The van der Waals surface area contributed by atoms with Crippen LogP contribution in [0.2, 0.25) is 0 Å². The largest absolute Gasteiger partial charge is 0.478 e. The monoisotopic (exact) mass is 510 g/mol. The molecule has 0 aromatic heterocycles. The molecule has 4 aromatic rings. The Balaban J connectivity index is 1.33. The minimum Gasteiger partial charge on any atom is -0.478 e. The predicted octanol–water partition coefficient (Wildman–Crippen LogP) is 9.27. The first-order valence-electron chi connectivity index (χ1n) is 13.7. The fourth-order valence-corrected chi connectivity index (χ4v) is 5.81.